The molecule has 1 heterocycles. The zero-order chi connectivity index (χ0) is 15.9. The van der Waals surface area contributed by atoms with Crippen molar-refractivity contribution >= 4 is 22.9 Å². The van der Waals surface area contributed by atoms with Gasteiger partial charge in [-0.05, 0) is 38.3 Å². The SMILES string of the molecule is CCN(C)/C=N/c1cc2cccc(CCCOC)c2nc1C. The Morgan fingerprint density at radius 2 is 2.18 bits per heavy atom. The first kappa shape index (κ1) is 16.4. The van der Waals surface area contributed by atoms with Crippen LogP contribution in [-0.4, -0.2) is 43.5 Å². The Bertz CT molecular complexity index is 652. The summed E-state index contributed by atoms with van der Waals surface area (Å²) in [7, 11) is 3.75. The highest BCUT2D eigenvalue weighted by molar-refractivity contribution is 5.85. The van der Waals surface area contributed by atoms with Gasteiger partial charge in [0.05, 0.1) is 23.2 Å². The maximum Gasteiger partial charge on any atom is 0.0910 e. The summed E-state index contributed by atoms with van der Waals surface area (Å²) in [6, 6.07) is 8.47. The van der Waals surface area contributed by atoms with Gasteiger partial charge in [-0.2, -0.15) is 0 Å². The van der Waals surface area contributed by atoms with Crippen LogP contribution in [0, 0.1) is 6.92 Å². The normalized spacial score (nSPS) is 11.5. The monoisotopic (exact) mass is 299 g/mol. The van der Waals surface area contributed by atoms with Crippen molar-refractivity contribution in [3.63, 3.8) is 0 Å². The van der Waals surface area contributed by atoms with E-state index in [1.807, 2.05) is 25.2 Å². The Morgan fingerprint density at radius 1 is 1.36 bits per heavy atom. The van der Waals surface area contributed by atoms with E-state index >= 15 is 0 Å². The molecule has 0 amide bonds. The van der Waals surface area contributed by atoms with Crippen LogP contribution in [0.5, 0.6) is 0 Å². The van der Waals surface area contributed by atoms with Crippen LogP contribution >= 0.6 is 0 Å². The van der Waals surface area contributed by atoms with Gasteiger partial charge in [-0.3, -0.25) is 4.98 Å². The molecule has 0 saturated carbocycles. The van der Waals surface area contributed by atoms with E-state index in [-0.39, 0.29) is 0 Å². The maximum atomic E-state index is 5.14. The fraction of sp³-hybridized carbons (Fsp3) is 0.444. The molecule has 118 valence electrons. The summed E-state index contributed by atoms with van der Waals surface area (Å²) in [6.07, 6.45) is 3.86. The van der Waals surface area contributed by atoms with E-state index in [1.54, 1.807) is 7.11 Å². The van der Waals surface area contributed by atoms with E-state index < -0.39 is 0 Å². The number of fused-ring (bicyclic) bond motifs is 1. The third-order valence-corrected chi connectivity index (χ3v) is 3.78. The molecule has 0 unspecified atom stereocenters. The quantitative estimate of drug-likeness (QED) is 0.444. The van der Waals surface area contributed by atoms with Gasteiger partial charge in [-0.1, -0.05) is 18.2 Å². The van der Waals surface area contributed by atoms with Crippen molar-refractivity contribution in [2.24, 2.45) is 4.99 Å². The van der Waals surface area contributed by atoms with E-state index in [9.17, 15) is 0 Å². The molecule has 2 aromatic rings. The first-order chi connectivity index (χ1) is 10.7. The predicted molar refractivity (Wildman–Crippen MR) is 93.1 cm³/mol. The van der Waals surface area contributed by atoms with Gasteiger partial charge in [0.15, 0.2) is 0 Å². The number of nitrogens with zero attached hydrogens (tertiary/aromatic N) is 3. The summed E-state index contributed by atoms with van der Waals surface area (Å²) in [6.45, 7) is 5.84. The number of para-hydroxylation sites is 1. The summed E-state index contributed by atoms with van der Waals surface area (Å²) in [5.74, 6) is 0. The van der Waals surface area contributed by atoms with Crippen molar-refractivity contribution in [1.82, 2.24) is 9.88 Å². The molecule has 0 aliphatic rings. The molecule has 0 bridgehead atoms. The summed E-state index contributed by atoms with van der Waals surface area (Å²) in [5, 5.41) is 1.15. The highest BCUT2D eigenvalue weighted by atomic mass is 16.5. The molecule has 4 heteroatoms. The molecule has 1 aromatic carbocycles. The van der Waals surface area contributed by atoms with Crippen LogP contribution in [0.3, 0.4) is 0 Å². The smallest absolute Gasteiger partial charge is 0.0910 e. The van der Waals surface area contributed by atoms with Gasteiger partial charge in [-0.25, -0.2) is 4.99 Å². The number of benzene rings is 1. The van der Waals surface area contributed by atoms with Crippen molar-refractivity contribution in [2.45, 2.75) is 26.7 Å². The first-order valence-corrected chi connectivity index (χ1v) is 7.78. The fourth-order valence-corrected chi connectivity index (χ4v) is 2.32. The Morgan fingerprint density at radius 3 is 2.91 bits per heavy atom. The van der Waals surface area contributed by atoms with Crippen LogP contribution < -0.4 is 0 Å². The molecule has 22 heavy (non-hydrogen) atoms. The van der Waals surface area contributed by atoms with Gasteiger partial charge >= 0.3 is 0 Å². The first-order valence-electron chi connectivity index (χ1n) is 7.78. The van der Waals surface area contributed by atoms with E-state index in [0.29, 0.717) is 0 Å². The number of rotatable bonds is 7. The summed E-state index contributed by atoms with van der Waals surface area (Å²) in [4.78, 5) is 11.4. The van der Waals surface area contributed by atoms with E-state index in [1.165, 1.54) is 5.56 Å². The van der Waals surface area contributed by atoms with Crippen LogP contribution in [0.25, 0.3) is 10.9 Å². The third kappa shape index (κ3) is 4.04. The lowest BCUT2D eigenvalue weighted by molar-refractivity contribution is 0.195. The third-order valence-electron chi connectivity index (χ3n) is 3.78. The second-order valence-corrected chi connectivity index (χ2v) is 5.50. The van der Waals surface area contributed by atoms with Crippen molar-refractivity contribution in [2.75, 3.05) is 27.3 Å². The molecule has 0 N–H and O–H groups in total. The molecule has 0 aliphatic carbocycles. The number of aliphatic imine (C=N–C) groups is 1. The summed E-state index contributed by atoms with van der Waals surface area (Å²) in [5.41, 5.74) is 4.26. The molecule has 4 nitrogen and oxygen atoms in total. The molecule has 0 spiro atoms. The van der Waals surface area contributed by atoms with Crippen LogP contribution in [0.2, 0.25) is 0 Å². The van der Waals surface area contributed by atoms with Gasteiger partial charge in [-0.15, -0.1) is 0 Å². The van der Waals surface area contributed by atoms with E-state index in [2.05, 4.69) is 36.2 Å². The Kier molecular flexibility index (Phi) is 5.90. The number of hydrogen-bond donors (Lipinski definition) is 0. The number of methoxy groups -OCH3 is 1. The maximum absolute atomic E-state index is 5.14. The minimum absolute atomic E-state index is 0.779. The van der Waals surface area contributed by atoms with Crippen molar-refractivity contribution < 1.29 is 4.74 Å². The molecule has 0 radical (unpaired) electrons. The average Bonchev–Trinajstić information content (AvgIpc) is 2.53. The van der Waals surface area contributed by atoms with Crippen LogP contribution in [0.1, 0.15) is 24.6 Å². The van der Waals surface area contributed by atoms with Gasteiger partial charge in [0.1, 0.15) is 0 Å². The Hall–Kier alpha value is -1.94. The molecule has 1 aromatic heterocycles. The van der Waals surface area contributed by atoms with Crippen molar-refractivity contribution in [3.05, 3.63) is 35.5 Å². The molecule has 0 aliphatic heterocycles. The second-order valence-electron chi connectivity index (χ2n) is 5.50. The van der Waals surface area contributed by atoms with Gasteiger partial charge in [0.25, 0.3) is 0 Å². The highest BCUT2D eigenvalue weighted by Gasteiger charge is 2.06. The van der Waals surface area contributed by atoms with Crippen molar-refractivity contribution in [1.29, 1.82) is 0 Å². The number of aryl methyl sites for hydroxylation is 2. The van der Waals surface area contributed by atoms with Gasteiger partial charge < -0.3 is 9.64 Å². The minimum atomic E-state index is 0.779. The lowest BCUT2D eigenvalue weighted by atomic mass is 10.0. The number of aromatic nitrogens is 1. The molecular weight excluding hydrogens is 274 g/mol. The predicted octanol–water partition coefficient (Wildman–Crippen LogP) is 3.73. The molecule has 0 fully saturated rings. The largest absolute Gasteiger partial charge is 0.385 e. The zero-order valence-electron chi connectivity index (χ0n) is 14.0. The van der Waals surface area contributed by atoms with Crippen LogP contribution in [0.15, 0.2) is 29.3 Å². The van der Waals surface area contributed by atoms with Crippen LogP contribution in [0.4, 0.5) is 5.69 Å². The molecule has 0 saturated heterocycles. The lowest BCUT2D eigenvalue weighted by Crippen LogP contribution is -2.14. The standard InChI is InChI=1S/C18H25N3O/c1-5-21(3)13-19-17-12-16-9-6-8-15(10-7-11-22-4)18(16)20-14(17)2/h6,8-9,12-13H,5,7,10-11H2,1-4H3/b19-13+. The summed E-state index contributed by atoms with van der Waals surface area (Å²) < 4.78 is 5.14. The lowest BCUT2D eigenvalue weighted by Gasteiger charge is -2.10. The second kappa shape index (κ2) is 7.90. The van der Waals surface area contributed by atoms with Crippen LogP contribution in [-0.2, 0) is 11.2 Å². The molecular formula is C18H25N3O. The van der Waals surface area contributed by atoms with Gasteiger partial charge in [0, 0.05) is 32.7 Å². The average molecular weight is 299 g/mol. The van der Waals surface area contributed by atoms with Gasteiger partial charge in [0.2, 0.25) is 0 Å². The fourth-order valence-electron chi connectivity index (χ4n) is 2.32. The Labute approximate surface area is 132 Å². The zero-order valence-corrected chi connectivity index (χ0v) is 14.0. The number of hydrogen-bond acceptors (Lipinski definition) is 3. The molecule has 2 rings (SSSR count). The highest BCUT2D eigenvalue weighted by Crippen LogP contribution is 2.25. The summed E-state index contributed by atoms with van der Waals surface area (Å²) >= 11 is 0. The molecule has 0 atom stereocenters. The number of pyridine rings is 1. The van der Waals surface area contributed by atoms with E-state index in [0.717, 1.165) is 48.3 Å². The number of ether oxygens (including phenoxy) is 1. The minimum Gasteiger partial charge on any atom is -0.385 e. The topological polar surface area (TPSA) is 37.7 Å². The Balaban J connectivity index is 2.33. The van der Waals surface area contributed by atoms with E-state index in [4.69, 9.17) is 9.72 Å². The van der Waals surface area contributed by atoms with Crippen molar-refractivity contribution in [3.8, 4) is 0 Å².